The molecule has 60 valence electrons. The second kappa shape index (κ2) is 2.88. The average Bonchev–Trinajstić information content (AvgIpc) is 1.80. The standard InChI is InChI=1S/C6H13NO2S/c1-2-10(8,9)7-6-4-3-5-6/h6-7H,2-5H2,1H3. The van der Waals surface area contributed by atoms with E-state index in [9.17, 15) is 8.42 Å². The quantitative estimate of drug-likeness (QED) is 0.657. The van der Waals surface area contributed by atoms with Gasteiger partial charge in [-0.2, -0.15) is 0 Å². The van der Waals surface area contributed by atoms with Crippen molar-refractivity contribution < 1.29 is 8.42 Å². The molecule has 0 amide bonds. The molecule has 1 fully saturated rings. The normalized spacial score (nSPS) is 20.5. The maximum atomic E-state index is 10.9. The van der Waals surface area contributed by atoms with E-state index in [0.717, 1.165) is 19.3 Å². The number of nitrogens with one attached hydrogen (secondary N) is 1. The predicted molar refractivity (Wildman–Crippen MR) is 40.2 cm³/mol. The van der Waals surface area contributed by atoms with Crippen molar-refractivity contribution in [3.05, 3.63) is 0 Å². The van der Waals surface area contributed by atoms with Crippen molar-refractivity contribution in [2.24, 2.45) is 0 Å². The summed E-state index contributed by atoms with van der Waals surface area (Å²) in [7, 11) is -2.93. The molecule has 1 aliphatic carbocycles. The summed E-state index contributed by atoms with van der Waals surface area (Å²) >= 11 is 0. The number of hydrogen-bond acceptors (Lipinski definition) is 2. The lowest BCUT2D eigenvalue weighted by molar-refractivity contribution is 0.384. The Bertz CT molecular complexity index is 194. The Morgan fingerprint density at radius 1 is 1.50 bits per heavy atom. The summed E-state index contributed by atoms with van der Waals surface area (Å²) in [5, 5.41) is 0. The van der Waals surface area contributed by atoms with E-state index in [2.05, 4.69) is 4.72 Å². The van der Waals surface area contributed by atoms with E-state index >= 15 is 0 Å². The highest BCUT2D eigenvalue weighted by Gasteiger charge is 2.21. The molecule has 0 aliphatic heterocycles. The Morgan fingerprint density at radius 3 is 2.40 bits per heavy atom. The van der Waals surface area contributed by atoms with E-state index in [1.165, 1.54) is 0 Å². The zero-order valence-electron chi connectivity index (χ0n) is 6.13. The molecule has 4 heteroatoms. The maximum Gasteiger partial charge on any atom is 0.211 e. The van der Waals surface area contributed by atoms with Gasteiger partial charge in [0.2, 0.25) is 10.0 Å². The van der Waals surface area contributed by atoms with Crippen LogP contribution in [-0.4, -0.2) is 20.2 Å². The van der Waals surface area contributed by atoms with Gasteiger partial charge in [0.05, 0.1) is 5.75 Å². The van der Waals surface area contributed by atoms with Crippen LogP contribution >= 0.6 is 0 Å². The first-order chi connectivity index (χ1) is 4.64. The van der Waals surface area contributed by atoms with Gasteiger partial charge < -0.3 is 0 Å². The summed E-state index contributed by atoms with van der Waals surface area (Å²) in [6.07, 6.45) is 3.19. The molecule has 1 N–H and O–H groups in total. The van der Waals surface area contributed by atoms with Gasteiger partial charge in [-0.1, -0.05) is 6.42 Å². The Labute approximate surface area is 61.9 Å². The van der Waals surface area contributed by atoms with E-state index in [0.29, 0.717) is 0 Å². The van der Waals surface area contributed by atoms with Crippen LogP contribution in [0.25, 0.3) is 0 Å². The Kier molecular flexibility index (Phi) is 2.31. The first-order valence-corrected chi connectivity index (χ1v) is 5.29. The van der Waals surface area contributed by atoms with Gasteiger partial charge in [0, 0.05) is 6.04 Å². The van der Waals surface area contributed by atoms with Crippen molar-refractivity contribution in [2.75, 3.05) is 5.75 Å². The fourth-order valence-electron chi connectivity index (χ4n) is 0.863. The molecule has 0 aromatic rings. The largest absolute Gasteiger partial charge is 0.212 e. The van der Waals surface area contributed by atoms with Crippen LogP contribution in [0, 0.1) is 0 Å². The minimum atomic E-state index is -2.93. The molecule has 0 radical (unpaired) electrons. The van der Waals surface area contributed by atoms with Crippen LogP contribution < -0.4 is 4.72 Å². The van der Waals surface area contributed by atoms with Crippen LogP contribution in [0.4, 0.5) is 0 Å². The van der Waals surface area contributed by atoms with E-state index in [1.807, 2.05) is 0 Å². The van der Waals surface area contributed by atoms with Crippen molar-refractivity contribution in [1.82, 2.24) is 4.72 Å². The highest BCUT2D eigenvalue weighted by Crippen LogP contribution is 2.18. The van der Waals surface area contributed by atoms with Gasteiger partial charge in [-0.25, -0.2) is 13.1 Å². The summed E-state index contributed by atoms with van der Waals surface area (Å²) in [6.45, 7) is 1.65. The smallest absolute Gasteiger partial charge is 0.211 e. The van der Waals surface area contributed by atoms with E-state index in [1.54, 1.807) is 6.92 Å². The highest BCUT2D eigenvalue weighted by atomic mass is 32.2. The third-order valence-electron chi connectivity index (χ3n) is 1.83. The van der Waals surface area contributed by atoms with E-state index in [4.69, 9.17) is 0 Å². The Hall–Kier alpha value is -0.0900. The Morgan fingerprint density at radius 2 is 2.10 bits per heavy atom. The van der Waals surface area contributed by atoms with Gasteiger partial charge in [0.25, 0.3) is 0 Å². The van der Waals surface area contributed by atoms with Gasteiger partial charge in [0.15, 0.2) is 0 Å². The third-order valence-corrected chi connectivity index (χ3v) is 3.28. The average molecular weight is 163 g/mol. The SMILES string of the molecule is CCS(=O)(=O)NC1CCC1. The minimum Gasteiger partial charge on any atom is -0.212 e. The topological polar surface area (TPSA) is 46.2 Å². The van der Waals surface area contributed by atoms with Crippen molar-refractivity contribution in [1.29, 1.82) is 0 Å². The van der Waals surface area contributed by atoms with Crippen LogP contribution in [0.2, 0.25) is 0 Å². The number of sulfonamides is 1. The van der Waals surface area contributed by atoms with Crippen molar-refractivity contribution in [3.63, 3.8) is 0 Å². The summed E-state index contributed by atoms with van der Waals surface area (Å²) in [4.78, 5) is 0. The van der Waals surface area contributed by atoms with Crippen LogP contribution in [0.15, 0.2) is 0 Å². The van der Waals surface area contributed by atoms with Gasteiger partial charge in [0.1, 0.15) is 0 Å². The molecule has 0 aromatic carbocycles. The van der Waals surface area contributed by atoms with Crippen LogP contribution in [-0.2, 0) is 10.0 Å². The molecule has 1 saturated carbocycles. The predicted octanol–water partition coefficient (Wildman–Crippen LogP) is 0.478. The van der Waals surface area contributed by atoms with Crippen LogP contribution in [0.3, 0.4) is 0 Å². The fourth-order valence-corrected chi connectivity index (χ4v) is 1.77. The molecule has 0 atom stereocenters. The third kappa shape index (κ3) is 1.95. The first kappa shape index (κ1) is 8.01. The van der Waals surface area contributed by atoms with Crippen molar-refractivity contribution in [3.8, 4) is 0 Å². The van der Waals surface area contributed by atoms with Gasteiger partial charge in [-0.05, 0) is 19.8 Å². The molecule has 1 aliphatic rings. The molecule has 0 unspecified atom stereocenters. The lowest BCUT2D eigenvalue weighted by Crippen LogP contribution is -2.40. The summed E-state index contributed by atoms with van der Waals surface area (Å²) in [5.41, 5.74) is 0. The summed E-state index contributed by atoms with van der Waals surface area (Å²) in [5.74, 6) is 0.198. The minimum absolute atomic E-state index is 0.198. The van der Waals surface area contributed by atoms with E-state index < -0.39 is 10.0 Å². The molecule has 0 saturated heterocycles. The second-order valence-corrected chi connectivity index (χ2v) is 4.69. The molecule has 0 aromatic heterocycles. The number of rotatable bonds is 3. The maximum absolute atomic E-state index is 10.9. The molecule has 0 spiro atoms. The van der Waals surface area contributed by atoms with Crippen molar-refractivity contribution >= 4 is 10.0 Å². The molecule has 3 nitrogen and oxygen atoms in total. The van der Waals surface area contributed by atoms with Gasteiger partial charge in [-0.15, -0.1) is 0 Å². The van der Waals surface area contributed by atoms with E-state index in [-0.39, 0.29) is 11.8 Å². The van der Waals surface area contributed by atoms with Gasteiger partial charge >= 0.3 is 0 Å². The zero-order chi connectivity index (χ0) is 7.61. The monoisotopic (exact) mass is 163 g/mol. The van der Waals surface area contributed by atoms with Crippen LogP contribution in [0.5, 0.6) is 0 Å². The Balaban J connectivity index is 2.36. The molecule has 0 bridgehead atoms. The first-order valence-electron chi connectivity index (χ1n) is 3.64. The fraction of sp³-hybridized carbons (Fsp3) is 1.00. The summed E-state index contributed by atoms with van der Waals surface area (Å²) in [6, 6.07) is 0.241. The molecule has 0 heterocycles. The highest BCUT2D eigenvalue weighted by molar-refractivity contribution is 7.89. The molecule has 10 heavy (non-hydrogen) atoms. The van der Waals surface area contributed by atoms with Crippen LogP contribution in [0.1, 0.15) is 26.2 Å². The molecular formula is C6H13NO2S. The number of hydrogen-bond donors (Lipinski definition) is 1. The molecular weight excluding hydrogens is 150 g/mol. The molecule has 1 rings (SSSR count). The summed E-state index contributed by atoms with van der Waals surface area (Å²) < 4.78 is 24.4. The second-order valence-electron chi connectivity index (χ2n) is 2.65. The van der Waals surface area contributed by atoms with Crippen molar-refractivity contribution in [2.45, 2.75) is 32.2 Å². The zero-order valence-corrected chi connectivity index (χ0v) is 6.95. The lowest BCUT2D eigenvalue weighted by Gasteiger charge is -2.25. The lowest BCUT2D eigenvalue weighted by atomic mass is 9.94. The van der Waals surface area contributed by atoms with Gasteiger partial charge in [-0.3, -0.25) is 0 Å².